The molecule has 4 aromatic rings. The molecule has 35 heteroatoms. The second kappa shape index (κ2) is 24.8. The Kier molecular flexibility index (Phi) is 22.3. The molecule has 4 rings (SSSR count). The van der Waals surface area contributed by atoms with Gasteiger partial charge in [-0.05, 0) is 48.5 Å². The van der Waals surface area contributed by atoms with Crippen LogP contribution in [0.25, 0.3) is 0 Å². The van der Waals surface area contributed by atoms with Crippen LogP contribution in [-0.4, -0.2) is 64.7 Å². The van der Waals surface area contributed by atoms with Crippen molar-refractivity contribution in [1.82, 2.24) is 15.5 Å². The topological polar surface area (TPSA) is 200 Å². The number of alkyl halides is 12. The average Bonchev–Trinajstić information content (AvgIpc) is 3.21. The van der Waals surface area contributed by atoms with Gasteiger partial charge in [0.25, 0.3) is 0 Å². The quantitative estimate of drug-likeness (QED) is 0.0213. The summed E-state index contributed by atoms with van der Waals surface area (Å²) in [6.07, 6.45) is -21.8. The van der Waals surface area contributed by atoms with E-state index in [1.54, 1.807) is 4.90 Å². The second-order valence-electron chi connectivity index (χ2n) is 13.1. The number of rotatable bonds is 11. The van der Waals surface area contributed by atoms with Crippen molar-refractivity contribution in [3.8, 4) is 0 Å². The minimum atomic E-state index is -5.80. The fourth-order valence-electron chi connectivity index (χ4n) is 5.63. The van der Waals surface area contributed by atoms with Crippen molar-refractivity contribution in [2.75, 3.05) is 27.2 Å². The Morgan fingerprint density at radius 2 is 0.686 bits per heavy atom. The first-order valence-electron chi connectivity index (χ1n) is 17.5. The Balaban J connectivity index is 0.00000123. The summed E-state index contributed by atoms with van der Waals surface area (Å²) in [5, 5.41) is 49.7. The van der Waals surface area contributed by atoms with E-state index in [9.17, 15) is 93.1 Å². The normalized spacial score (nSPS) is 11.5. The molecule has 4 aromatic carbocycles. The van der Waals surface area contributed by atoms with E-state index in [-0.39, 0.29) is 89.9 Å². The Bertz CT molecular complexity index is 2340. The molecule has 0 heterocycles. The molecular weight excluding hydrogens is 1150 g/mol. The summed E-state index contributed by atoms with van der Waals surface area (Å²) in [4.78, 5) is 45.0. The summed E-state index contributed by atoms with van der Waals surface area (Å²) in [5.41, 5.74) is -14.9. The predicted octanol–water partition coefficient (Wildman–Crippen LogP) is 8.22. The third-order valence-corrected chi connectivity index (χ3v) is 14.2. The number of nitro groups is 4. The molecule has 2 N–H and O–H groups in total. The van der Waals surface area contributed by atoms with Gasteiger partial charge in [0.2, 0.25) is 0 Å². The summed E-state index contributed by atoms with van der Waals surface area (Å²) >= 11 is 27.5. The van der Waals surface area contributed by atoms with Crippen molar-refractivity contribution < 1.29 is 89.4 Å². The monoisotopic (exact) mass is 1180 g/mol. The van der Waals surface area contributed by atoms with Gasteiger partial charge < -0.3 is 90.1 Å². The number of nitrogens with zero attached hydrogens (tertiary/aromatic N) is 5. The summed E-state index contributed by atoms with van der Waals surface area (Å²) in [5.74, 6) is 0. The van der Waals surface area contributed by atoms with Gasteiger partial charge in [-0.2, -0.15) is 52.7 Å². The molecule has 1 radical (unpaired) electrons. The summed E-state index contributed by atoms with van der Waals surface area (Å²) in [6.45, 7) is 1.33. The molecule has 0 bridgehead atoms. The van der Waals surface area contributed by atoms with E-state index in [0.717, 1.165) is 0 Å². The average molecular weight is 1180 g/mol. The van der Waals surface area contributed by atoms with Gasteiger partial charge >= 0.3 is 64.5 Å². The Hall–Kier alpha value is -5.08. The number of halogens is 12. The molecule has 0 unspecified atom stereocenters. The minimum absolute atomic E-state index is 0. The number of hydrogen-bond acceptors (Lipinski definition) is 14. The summed E-state index contributed by atoms with van der Waals surface area (Å²) in [7, 11) is -2.14. The van der Waals surface area contributed by atoms with E-state index in [1.165, 1.54) is 0 Å². The fourth-order valence-corrected chi connectivity index (χ4v) is 10.7. The zero-order valence-electron chi connectivity index (χ0n) is 34.2. The first kappa shape index (κ1) is 62.9. The van der Waals surface area contributed by atoms with Crippen molar-refractivity contribution >= 4 is 139 Å². The number of nitro benzene ring substituents is 4. The van der Waals surface area contributed by atoms with E-state index < -0.39 is 118 Å². The third-order valence-electron chi connectivity index (χ3n) is 8.47. The Labute approximate surface area is 428 Å². The van der Waals surface area contributed by atoms with Gasteiger partial charge in [0.05, 0.1) is 41.9 Å². The van der Waals surface area contributed by atoms with Crippen LogP contribution in [0.1, 0.15) is 22.3 Å². The SMILES string of the molecule is CN(C)C(=S)[S-].O=[N+]([O-])c1cc(C(F)(F)F)ccc1[P+](c1ccc(C(F)(F)F)cc1[N+](=O)[O-])(c1ccc(C(F)(F)F)cc1[N+](=O)[O-])c1ccc(C(F)(F)F)cc1[N+](=O)[O-].S=C([S-])NCCNC(=S)[S-].[Mn+2]. The van der Waals surface area contributed by atoms with Crippen LogP contribution in [0, 0.1) is 40.5 Å². The zero-order valence-corrected chi connectivity index (χ0v) is 41.1. The maximum Gasteiger partial charge on any atom is 2.00 e. The van der Waals surface area contributed by atoms with Crippen molar-refractivity contribution in [3.05, 3.63) is 136 Å². The van der Waals surface area contributed by atoms with E-state index in [0.29, 0.717) is 26.1 Å². The minimum Gasteiger partial charge on any atom is -0.412 e. The van der Waals surface area contributed by atoms with Gasteiger partial charge in [0.1, 0.15) is 0 Å². The number of nitrogens with one attached hydrogen (secondary N) is 2. The zero-order chi connectivity index (χ0) is 53.4. The van der Waals surface area contributed by atoms with E-state index >= 15 is 0 Å². The van der Waals surface area contributed by atoms with Gasteiger partial charge in [-0.3, -0.25) is 40.5 Å². The molecule has 0 saturated carbocycles. The van der Waals surface area contributed by atoms with Crippen LogP contribution in [0.2, 0.25) is 0 Å². The maximum absolute atomic E-state index is 13.8. The van der Waals surface area contributed by atoms with Crippen LogP contribution >= 0.6 is 43.9 Å². The third kappa shape index (κ3) is 16.2. The Morgan fingerprint density at radius 1 is 0.500 bits per heavy atom. The van der Waals surface area contributed by atoms with Crippen LogP contribution < -0.4 is 31.9 Å². The molecule has 0 aliphatic heterocycles. The van der Waals surface area contributed by atoms with Gasteiger partial charge in [-0.15, -0.1) is 0 Å². The predicted molar refractivity (Wildman–Crippen MR) is 247 cm³/mol. The molecule has 0 saturated heterocycles. The molecule has 15 nitrogen and oxygen atoms in total. The molecule has 0 amide bonds. The molecule has 70 heavy (non-hydrogen) atoms. The molecule has 0 spiro atoms. The number of thiocarbonyl (C=S) groups is 3. The van der Waals surface area contributed by atoms with Gasteiger partial charge in [-0.1, -0.05) is 13.0 Å². The van der Waals surface area contributed by atoms with E-state index in [2.05, 4.69) is 85.2 Å². The van der Waals surface area contributed by atoms with Crippen LogP contribution in [0.4, 0.5) is 75.4 Å². The first-order chi connectivity index (χ1) is 31.4. The van der Waals surface area contributed by atoms with Crippen molar-refractivity contribution in [2.24, 2.45) is 0 Å². The van der Waals surface area contributed by atoms with E-state index in [4.69, 9.17) is 0 Å². The van der Waals surface area contributed by atoms with E-state index in [1.807, 2.05) is 14.1 Å². The van der Waals surface area contributed by atoms with Gasteiger partial charge in [0, 0.05) is 51.5 Å². The smallest absolute Gasteiger partial charge is 0.412 e. The van der Waals surface area contributed by atoms with Gasteiger partial charge in [-0.25, -0.2) is 0 Å². The van der Waals surface area contributed by atoms with Crippen LogP contribution in [0.5, 0.6) is 0 Å². The van der Waals surface area contributed by atoms with Crippen LogP contribution in [-0.2, 0) is 79.7 Å². The largest absolute Gasteiger partial charge is 2.00 e. The van der Waals surface area contributed by atoms with Gasteiger partial charge in [0.15, 0.2) is 28.5 Å². The molecule has 0 aliphatic rings. The summed E-state index contributed by atoms with van der Waals surface area (Å²) < 4.78 is 167. The number of hydrogen-bond donors (Lipinski definition) is 2. The van der Waals surface area contributed by atoms with Crippen molar-refractivity contribution in [2.45, 2.75) is 24.7 Å². The molecule has 0 aliphatic carbocycles. The Morgan fingerprint density at radius 3 is 0.814 bits per heavy atom. The molecule has 379 valence electrons. The number of benzene rings is 4. The maximum atomic E-state index is 13.8. The summed E-state index contributed by atoms with van der Waals surface area (Å²) in [6, 6.07) is -0.764. The van der Waals surface area contributed by atoms with Crippen LogP contribution in [0.3, 0.4) is 0 Å². The van der Waals surface area contributed by atoms with Crippen LogP contribution in [0.15, 0.2) is 72.8 Å². The van der Waals surface area contributed by atoms with Crippen molar-refractivity contribution in [3.63, 3.8) is 0 Å². The second-order valence-corrected chi connectivity index (χ2v) is 19.5. The standard InChI is InChI=1S/C28H12F12N4O8P.C4H8N2S4.C3H7NS2.Mn/c29-25(30,31)13-1-5-21(17(9-13)41(45)46)53(22-6-2-14(26(32,33)34)10-18(22)42(47)48,23-7-3-15(27(35,36)37)11-19(23)43(49)50)24-8-4-16(28(38,39)40)12-20(24)44(51)52;7-3(8)5-1-2-6-4(9)10;1-4(2)3(5)6;/h1-12H;1-2H2,(H2,5,7,8)(H2,6,9,10);1-2H3,(H,5,6);/q+1;;;+2/p-3. The molecule has 0 fully saturated rings. The molecule has 0 aromatic heterocycles. The van der Waals surface area contributed by atoms with Crippen molar-refractivity contribution in [1.29, 1.82) is 0 Å². The first-order valence-corrected chi connectivity index (χ1v) is 21.8. The fraction of sp³-hybridized carbons (Fsp3) is 0.229. The molecule has 0 atom stereocenters. The molecular formula is C35H24F12MnN7O8PS6.